The molecule has 2 aliphatic rings. The zero-order valence-electron chi connectivity index (χ0n) is 19.6. The van der Waals surface area contributed by atoms with E-state index in [9.17, 15) is 4.79 Å². The number of carbonyl (C=O) groups is 1. The number of aliphatic imine (C=N–C) groups is 1. The fourth-order valence-electron chi connectivity index (χ4n) is 4.25. The summed E-state index contributed by atoms with van der Waals surface area (Å²) in [6.07, 6.45) is 0.707. The van der Waals surface area contributed by atoms with E-state index in [0.29, 0.717) is 35.3 Å². The van der Waals surface area contributed by atoms with E-state index in [2.05, 4.69) is 30.7 Å². The summed E-state index contributed by atoms with van der Waals surface area (Å²) in [4.78, 5) is 24.4. The highest BCUT2D eigenvalue weighted by molar-refractivity contribution is 6.33. The molecule has 0 saturated carbocycles. The van der Waals surface area contributed by atoms with Crippen LogP contribution < -0.4 is 15.5 Å². The summed E-state index contributed by atoms with van der Waals surface area (Å²) in [5, 5.41) is 14.4. The minimum Gasteiger partial charge on any atom is -0.402 e. The normalized spacial score (nSPS) is 17.4. The molecule has 2 aromatic carbocycles. The van der Waals surface area contributed by atoms with E-state index >= 15 is 0 Å². The fraction of sp³-hybridized carbons (Fsp3) is 0.192. The van der Waals surface area contributed by atoms with Gasteiger partial charge in [-0.05, 0) is 12.1 Å². The first-order chi connectivity index (χ1) is 18.2. The van der Waals surface area contributed by atoms with Crippen LogP contribution in [0.25, 0.3) is 11.6 Å². The number of anilines is 3. The first kappa shape index (κ1) is 23.1. The van der Waals surface area contributed by atoms with Gasteiger partial charge in [-0.15, -0.1) is 5.10 Å². The lowest BCUT2D eigenvalue weighted by atomic mass is 10.0. The molecule has 1 unspecified atom stereocenters. The Kier molecular flexibility index (Phi) is 6.25. The number of hydrogen-bond donors (Lipinski definition) is 2. The van der Waals surface area contributed by atoms with Crippen LogP contribution in [0, 0.1) is 0 Å². The molecular formula is C26H22ClN7O3. The first-order valence-electron chi connectivity index (χ1n) is 11.8. The van der Waals surface area contributed by atoms with Crippen LogP contribution >= 0.6 is 11.6 Å². The van der Waals surface area contributed by atoms with Crippen LogP contribution in [-0.4, -0.2) is 59.3 Å². The van der Waals surface area contributed by atoms with Crippen LogP contribution in [0.2, 0.25) is 5.02 Å². The van der Waals surface area contributed by atoms with Crippen LogP contribution in [0.5, 0.6) is 0 Å². The molecule has 2 aliphatic heterocycles. The van der Waals surface area contributed by atoms with Gasteiger partial charge in [0.1, 0.15) is 5.69 Å². The van der Waals surface area contributed by atoms with Gasteiger partial charge in [-0.1, -0.05) is 65.2 Å². The molecule has 10 nitrogen and oxygen atoms in total. The van der Waals surface area contributed by atoms with Gasteiger partial charge in [0.2, 0.25) is 6.17 Å². The van der Waals surface area contributed by atoms with E-state index in [0.717, 1.165) is 29.9 Å². The molecule has 0 spiro atoms. The Morgan fingerprint density at radius 2 is 1.81 bits per heavy atom. The zero-order chi connectivity index (χ0) is 25.2. The number of para-hydroxylation sites is 1. The molecule has 4 aromatic rings. The number of fused-ring (bicyclic) bond motifs is 1. The van der Waals surface area contributed by atoms with Gasteiger partial charge < -0.3 is 24.7 Å². The largest absolute Gasteiger partial charge is 0.402 e. The van der Waals surface area contributed by atoms with Crippen molar-refractivity contribution in [2.75, 3.05) is 41.8 Å². The fourth-order valence-corrected chi connectivity index (χ4v) is 4.50. The number of halogens is 1. The van der Waals surface area contributed by atoms with Crippen LogP contribution in [0.3, 0.4) is 0 Å². The van der Waals surface area contributed by atoms with Crippen molar-refractivity contribution in [3.63, 3.8) is 0 Å². The zero-order valence-corrected chi connectivity index (χ0v) is 20.4. The van der Waals surface area contributed by atoms with Crippen LogP contribution in [0.4, 0.5) is 17.4 Å². The Balaban J connectivity index is 1.27. The molecule has 4 heterocycles. The van der Waals surface area contributed by atoms with Crippen molar-refractivity contribution < 1.29 is 13.9 Å². The van der Waals surface area contributed by atoms with Gasteiger partial charge in [0, 0.05) is 24.2 Å². The Morgan fingerprint density at radius 1 is 1.03 bits per heavy atom. The number of carbonyl (C=O) groups excluding carboxylic acids is 1. The number of benzodiazepines with no additional fused rings is 1. The van der Waals surface area contributed by atoms with Crippen LogP contribution in [0.15, 0.2) is 76.3 Å². The third-order valence-corrected chi connectivity index (χ3v) is 6.37. The maximum absolute atomic E-state index is 13.1. The molecule has 1 amide bonds. The predicted molar refractivity (Wildman–Crippen MR) is 140 cm³/mol. The number of hydrogen-bond acceptors (Lipinski definition) is 9. The Morgan fingerprint density at radius 3 is 2.62 bits per heavy atom. The lowest BCUT2D eigenvalue weighted by Gasteiger charge is -2.28. The summed E-state index contributed by atoms with van der Waals surface area (Å²) in [5.41, 5.74) is 4.27. The number of ether oxygens (including phenoxy) is 1. The van der Waals surface area contributed by atoms with Crippen molar-refractivity contribution in [1.82, 2.24) is 15.2 Å². The topological polar surface area (TPSA) is 118 Å². The molecule has 37 heavy (non-hydrogen) atoms. The molecule has 6 rings (SSSR count). The molecule has 0 radical (unpaired) electrons. The van der Waals surface area contributed by atoms with Gasteiger partial charge in [0.05, 0.1) is 41.5 Å². The summed E-state index contributed by atoms with van der Waals surface area (Å²) < 4.78 is 11.2. The summed E-state index contributed by atoms with van der Waals surface area (Å²) in [6.45, 7) is 2.86. The van der Waals surface area contributed by atoms with Crippen molar-refractivity contribution in [3.05, 3.63) is 83.0 Å². The van der Waals surface area contributed by atoms with E-state index in [1.54, 1.807) is 6.20 Å². The highest BCUT2D eigenvalue weighted by Crippen LogP contribution is 2.30. The summed E-state index contributed by atoms with van der Waals surface area (Å²) in [6, 6.07) is 19.0. The maximum atomic E-state index is 13.1. The number of nitrogens with one attached hydrogen (secondary N) is 2. The molecule has 2 N–H and O–H groups in total. The Hall–Kier alpha value is -4.28. The van der Waals surface area contributed by atoms with Crippen molar-refractivity contribution in [2.45, 2.75) is 6.17 Å². The maximum Gasteiger partial charge on any atom is 0.317 e. The second kappa shape index (κ2) is 10.00. The average Bonchev–Trinajstić information content (AvgIpc) is 3.35. The molecule has 0 bridgehead atoms. The van der Waals surface area contributed by atoms with Crippen molar-refractivity contribution in [1.29, 1.82) is 0 Å². The van der Waals surface area contributed by atoms with E-state index in [1.165, 1.54) is 0 Å². The summed E-state index contributed by atoms with van der Waals surface area (Å²) in [7, 11) is 0. The second-order valence-electron chi connectivity index (χ2n) is 8.46. The number of benzene rings is 2. The SMILES string of the molecule is O=C1Nc2ccccc2C(c2ccccc2)=NC1Nc1nnc(-c2ncc(N3CCOCC3)cc2Cl)o1. The van der Waals surface area contributed by atoms with E-state index in [-0.39, 0.29) is 17.8 Å². The minimum absolute atomic E-state index is 0.0207. The van der Waals surface area contributed by atoms with Crippen molar-refractivity contribution >= 4 is 40.6 Å². The highest BCUT2D eigenvalue weighted by atomic mass is 35.5. The number of morpholine rings is 1. The van der Waals surface area contributed by atoms with E-state index in [1.807, 2.05) is 60.7 Å². The van der Waals surface area contributed by atoms with Crippen LogP contribution in [-0.2, 0) is 9.53 Å². The van der Waals surface area contributed by atoms with Crippen LogP contribution in [0.1, 0.15) is 11.1 Å². The van der Waals surface area contributed by atoms with Crippen molar-refractivity contribution in [2.24, 2.45) is 4.99 Å². The number of rotatable bonds is 5. The van der Waals surface area contributed by atoms with Crippen molar-refractivity contribution in [3.8, 4) is 11.6 Å². The van der Waals surface area contributed by atoms with Gasteiger partial charge >= 0.3 is 6.01 Å². The van der Waals surface area contributed by atoms with Gasteiger partial charge in [-0.3, -0.25) is 4.79 Å². The smallest absolute Gasteiger partial charge is 0.317 e. The molecule has 1 saturated heterocycles. The van der Waals surface area contributed by atoms with Gasteiger partial charge in [-0.2, -0.15) is 0 Å². The molecule has 1 atom stereocenters. The number of amides is 1. The van der Waals surface area contributed by atoms with E-state index in [4.69, 9.17) is 25.7 Å². The lowest BCUT2D eigenvalue weighted by molar-refractivity contribution is -0.116. The summed E-state index contributed by atoms with van der Waals surface area (Å²) >= 11 is 6.51. The van der Waals surface area contributed by atoms with Gasteiger partial charge in [-0.25, -0.2) is 9.98 Å². The molecule has 2 aromatic heterocycles. The third-order valence-electron chi connectivity index (χ3n) is 6.08. The van der Waals surface area contributed by atoms with Gasteiger partial charge in [0.15, 0.2) is 0 Å². The molecular weight excluding hydrogens is 494 g/mol. The average molecular weight is 516 g/mol. The number of nitrogens with zero attached hydrogens (tertiary/aromatic N) is 5. The number of pyridine rings is 1. The number of aromatic nitrogens is 3. The molecule has 11 heteroatoms. The lowest BCUT2D eigenvalue weighted by Crippen LogP contribution is -2.36. The minimum atomic E-state index is -1.01. The second-order valence-corrected chi connectivity index (χ2v) is 8.87. The highest BCUT2D eigenvalue weighted by Gasteiger charge is 2.27. The monoisotopic (exact) mass is 515 g/mol. The summed E-state index contributed by atoms with van der Waals surface area (Å²) in [5.74, 6) is -0.227. The van der Waals surface area contributed by atoms with E-state index < -0.39 is 6.17 Å². The molecule has 186 valence electrons. The first-order valence-corrected chi connectivity index (χ1v) is 12.2. The Bertz CT molecular complexity index is 1470. The van der Waals surface area contributed by atoms with Gasteiger partial charge in [0.25, 0.3) is 11.8 Å². The molecule has 1 fully saturated rings. The third kappa shape index (κ3) is 4.76. The Labute approximate surface area is 217 Å². The molecule has 0 aliphatic carbocycles. The standard InChI is InChI=1S/C26H22ClN7O3/c27-19-14-17(34-10-12-36-13-11-34)15-28-22(19)25-32-33-26(37-25)31-23-24(35)29-20-9-5-4-8-18(20)21(30-23)16-6-2-1-3-7-16/h1-9,14-15,23H,10-13H2,(H,29,35)(H,31,33). The quantitative estimate of drug-likeness (QED) is 0.411. The predicted octanol–water partition coefficient (Wildman–Crippen LogP) is 3.85.